The van der Waals surface area contributed by atoms with Crippen LogP contribution in [0.25, 0.3) is 0 Å². The minimum Gasteiger partial charge on any atom is -0.480 e. The largest absolute Gasteiger partial charge is 0.480 e. The fraction of sp³-hybridized carbons (Fsp3) is 0.500. The van der Waals surface area contributed by atoms with Gasteiger partial charge >= 0.3 is 5.97 Å². The summed E-state index contributed by atoms with van der Waals surface area (Å²) in [5.74, 6) is -0.829. The van der Waals surface area contributed by atoms with Gasteiger partial charge in [0.15, 0.2) is 0 Å². The Labute approximate surface area is 103 Å². The second-order valence-corrected chi connectivity index (χ2v) is 4.49. The van der Waals surface area contributed by atoms with E-state index in [1.54, 1.807) is 0 Å². The predicted molar refractivity (Wildman–Crippen MR) is 69.2 cm³/mol. The molecule has 0 bridgehead atoms. The average Bonchev–Trinajstić information content (AvgIpc) is 2.35. The first-order chi connectivity index (χ1) is 8.06. The van der Waals surface area contributed by atoms with Crippen LogP contribution in [-0.4, -0.2) is 23.2 Å². The molecular formula is C14H21NO2. The molecule has 3 atom stereocenters. The molecule has 0 aliphatic heterocycles. The molecule has 1 rings (SSSR count). The molecule has 0 aliphatic carbocycles. The number of benzene rings is 1. The highest BCUT2D eigenvalue weighted by molar-refractivity contribution is 5.75. The monoisotopic (exact) mass is 235 g/mol. The smallest absolute Gasteiger partial charge is 0.321 e. The van der Waals surface area contributed by atoms with Crippen molar-refractivity contribution in [3.8, 4) is 0 Å². The molecule has 3 unspecified atom stereocenters. The molecule has 3 heteroatoms. The van der Waals surface area contributed by atoms with Gasteiger partial charge in [0.25, 0.3) is 0 Å². The van der Waals surface area contributed by atoms with E-state index in [-0.39, 0.29) is 12.0 Å². The van der Waals surface area contributed by atoms with Crippen LogP contribution in [0, 0.1) is 0 Å². The molecule has 17 heavy (non-hydrogen) atoms. The molecule has 0 heterocycles. The molecule has 0 spiro atoms. The van der Waals surface area contributed by atoms with Crippen molar-refractivity contribution in [3.05, 3.63) is 35.9 Å². The molecule has 1 aromatic rings. The van der Waals surface area contributed by atoms with Crippen LogP contribution in [0.3, 0.4) is 0 Å². The molecule has 0 amide bonds. The fourth-order valence-electron chi connectivity index (χ4n) is 1.80. The van der Waals surface area contributed by atoms with E-state index in [1.807, 2.05) is 51.1 Å². The van der Waals surface area contributed by atoms with Crippen molar-refractivity contribution in [2.45, 2.75) is 45.2 Å². The van der Waals surface area contributed by atoms with E-state index < -0.39 is 12.0 Å². The van der Waals surface area contributed by atoms with E-state index >= 15 is 0 Å². The van der Waals surface area contributed by atoms with Crippen LogP contribution in [0.4, 0.5) is 0 Å². The molecular weight excluding hydrogens is 214 g/mol. The van der Waals surface area contributed by atoms with Gasteiger partial charge in [0.05, 0.1) is 0 Å². The highest BCUT2D eigenvalue weighted by Crippen LogP contribution is 2.19. The van der Waals surface area contributed by atoms with Gasteiger partial charge in [-0.15, -0.1) is 0 Å². The Balaban J connectivity index is 2.81. The maximum atomic E-state index is 11.3. The predicted octanol–water partition coefficient (Wildman–Crippen LogP) is 2.63. The van der Waals surface area contributed by atoms with Gasteiger partial charge < -0.3 is 10.4 Å². The Morgan fingerprint density at radius 2 is 1.88 bits per heavy atom. The Hall–Kier alpha value is -1.35. The molecule has 0 aromatic heterocycles. The zero-order valence-electron chi connectivity index (χ0n) is 10.7. The van der Waals surface area contributed by atoms with Crippen LogP contribution in [-0.2, 0) is 4.79 Å². The van der Waals surface area contributed by atoms with E-state index in [2.05, 4.69) is 5.32 Å². The minimum atomic E-state index is -0.790. The third-order valence-electron chi connectivity index (χ3n) is 3.17. The zero-order chi connectivity index (χ0) is 12.8. The van der Waals surface area contributed by atoms with Crippen molar-refractivity contribution in [1.29, 1.82) is 0 Å². The summed E-state index contributed by atoms with van der Waals surface area (Å²) in [7, 11) is 0. The van der Waals surface area contributed by atoms with Crippen molar-refractivity contribution in [2.24, 2.45) is 0 Å². The molecule has 1 aromatic carbocycles. The Morgan fingerprint density at radius 3 is 2.35 bits per heavy atom. The first-order valence-corrected chi connectivity index (χ1v) is 6.10. The lowest BCUT2D eigenvalue weighted by atomic mass is 9.92. The molecule has 2 N–H and O–H groups in total. The van der Waals surface area contributed by atoms with Gasteiger partial charge in [0.1, 0.15) is 6.04 Å². The van der Waals surface area contributed by atoms with E-state index in [9.17, 15) is 9.90 Å². The Kier molecular flexibility index (Phi) is 5.16. The van der Waals surface area contributed by atoms with Gasteiger partial charge in [-0.25, -0.2) is 0 Å². The van der Waals surface area contributed by atoms with Crippen molar-refractivity contribution in [1.82, 2.24) is 5.32 Å². The van der Waals surface area contributed by atoms with Gasteiger partial charge in [-0.1, -0.05) is 44.2 Å². The lowest BCUT2D eigenvalue weighted by Crippen LogP contribution is -2.45. The molecule has 3 nitrogen and oxygen atoms in total. The first-order valence-electron chi connectivity index (χ1n) is 6.10. The normalized spacial score (nSPS) is 16.2. The third-order valence-corrected chi connectivity index (χ3v) is 3.17. The summed E-state index contributed by atoms with van der Waals surface area (Å²) in [5, 5.41) is 12.5. The summed E-state index contributed by atoms with van der Waals surface area (Å²) in [5.41, 5.74) is 1.05. The van der Waals surface area contributed by atoms with Crippen molar-refractivity contribution in [3.63, 3.8) is 0 Å². The quantitative estimate of drug-likeness (QED) is 0.797. The van der Waals surface area contributed by atoms with E-state index in [1.165, 1.54) is 0 Å². The van der Waals surface area contributed by atoms with Gasteiger partial charge in [-0.2, -0.15) is 0 Å². The lowest BCUT2D eigenvalue weighted by molar-refractivity contribution is -0.140. The number of rotatable bonds is 6. The molecule has 0 fully saturated rings. The van der Waals surface area contributed by atoms with Gasteiger partial charge in [-0.3, -0.25) is 4.79 Å². The highest BCUT2D eigenvalue weighted by Gasteiger charge is 2.26. The summed E-state index contributed by atoms with van der Waals surface area (Å²) < 4.78 is 0. The van der Waals surface area contributed by atoms with Gasteiger partial charge in [0, 0.05) is 12.0 Å². The molecule has 0 saturated carbocycles. The number of hydrogen-bond acceptors (Lipinski definition) is 2. The number of aliphatic carboxylic acids is 1. The third kappa shape index (κ3) is 3.86. The Bertz CT molecular complexity index is 350. The summed E-state index contributed by atoms with van der Waals surface area (Å²) in [6.45, 7) is 6.00. The highest BCUT2D eigenvalue weighted by atomic mass is 16.4. The second kappa shape index (κ2) is 6.40. The van der Waals surface area contributed by atoms with Gasteiger partial charge in [0.2, 0.25) is 0 Å². The van der Waals surface area contributed by atoms with E-state index in [0.29, 0.717) is 0 Å². The van der Waals surface area contributed by atoms with Crippen LogP contribution in [0.2, 0.25) is 0 Å². The van der Waals surface area contributed by atoms with Crippen molar-refractivity contribution in [2.75, 3.05) is 0 Å². The van der Waals surface area contributed by atoms with Crippen molar-refractivity contribution >= 4 is 5.97 Å². The van der Waals surface area contributed by atoms with Crippen LogP contribution < -0.4 is 5.32 Å². The van der Waals surface area contributed by atoms with Crippen LogP contribution in [0.1, 0.15) is 38.7 Å². The lowest BCUT2D eigenvalue weighted by Gasteiger charge is -2.25. The maximum Gasteiger partial charge on any atom is 0.321 e. The van der Waals surface area contributed by atoms with Crippen LogP contribution in [0.5, 0.6) is 0 Å². The summed E-state index contributed by atoms with van der Waals surface area (Å²) in [6, 6.07) is 9.43. The summed E-state index contributed by atoms with van der Waals surface area (Å²) in [6.07, 6.45) is 0.922. The summed E-state index contributed by atoms with van der Waals surface area (Å²) >= 11 is 0. The summed E-state index contributed by atoms with van der Waals surface area (Å²) in [4.78, 5) is 11.3. The second-order valence-electron chi connectivity index (χ2n) is 4.49. The maximum absolute atomic E-state index is 11.3. The Morgan fingerprint density at radius 1 is 1.29 bits per heavy atom. The van der Waals surface area contributed by atoms with Gasteiger partial charge in [-0.05, 0) is 18.9 Å². The topological polar surface area (TPSA) is 49.3 Å². The van der Waals surface area contributed by atoms with E-state index in [4.69, 9.17) is 0 Å². The van der Waals surface area contributed by atoms with Crippen molar-refractivity contribution < 1.29 is 9.90 Å². The molecule has 0 radical (unpaired) electrons. The SMILES string of the molecule is CCC(C)NC(C(=O)O)C(C)c1ccccc1. The fourth-order valence-corrected chi connectivity index (χ4v) is 1.80. The number of hydrogen-bond donors (Lipinski definition) is 2. The molecule has 0 aliphatic rings. The number of carboxylic acid groups (broad SMARTS) is 1. The number of carbonyl (C=O) groups is 1. The van der Waals surface area contributed by atoms with E-state index in [0.717, 1.165) is 12.0 Å². The first kappa shape index (κ1) is 13.7. The average molecular weight is 235 g/mol. The molecule has 0 saturated heterocycles. The number of nitrogens with one attached hydrogen (secondary N) is 1. The minimum absolute atomic E-state index is 0.0392. The standard InChI is InChI=1S/C14H21NO2/c1-4-10(2)15-13(14(16)17)11(3)12-8-6-5-7-9-12/h5-11,13,15H,4H2,1-3H3,(H,16,17). The zero-order valence-corrected chi connectivity index (χ0v) is 10.7. The number of carboxylic acids is 1. The van der Waals surface area contributed by atoms with Crippen LogP contribution in [0.15, 0.2) is 30.3 Å². The molecule has 94 valence electrons. The van der Waals surface area contributed by atoms with Crippen LogP contribution >= 0.6 is 0 Å².